The van der Waals surface area contributed by atoms with E-state index in [1.54, 1.807) is 42.5 Å². The molecule has 36 heavy (non-hydrogen) atoms. The number of anilines is 1. The molecule has 0 unspecified atom stereocenters. The van der Waals surface area contributed by atoms with Gasteiger partial charge in [-0.05, 0) is 42.3 Å². The second kappa shape index (κ2) is 11.7. The van der Waals surface area contributed by atoms with Crippen LogP contribution in [0, 0.1) is 12.4 Å². The van der Waals surface area contributed by atoms with Crippen molar-refractivity contribution in [1.29, 1.82) is 0 Å². The molecule has 0 saturated carbocycles. The molecule has 1 aliphatic rings. The summed E-state index contributed by atoms with van der Waals surface area (Å²) in [6, 6.07) is 18.9. The highest BCUT2D eigenvalue weighted by Crippen LogP contribution is 2.39. The van der Waals surface area contributed by atoms with Crippen LogP contribution in [-0.2, 0) is 0 Å². The van der Waals surface area contributed by atoms with Crippen LogP contribution in [0.5, 0.6) is 5.75 Å². The molecule has 6 nitrogen and oxygen atoms in total. The minimum absolute atomic E-state index is 0.0344. The number of aliphatic hydroxyl groups excluding tert-OH is 2. The van der Waals surface area contributed by atoms with E-state index in [1.807, 2.05) is 12.1 Å². The lowest BCUT2D eigenvalue weighted by molar-refractivity contribution is 0.0916. The van der Waals surface area contributed by atoms with Gasteiger partial charge < -0.3 is 19.8 Å². The molecule has 1 saturated heterocycles. The first-order valence-corrected chi connectivity index (χ1v) is 12.2. The summed E-state index contributed by atoms with van der Waals surface area (Å²) < 4.78 is 19.2. The van der Waals surface area contributed by atoms with E-state index < -0.39 is 6.10 Å². The Morgan fingerprint density at radius 1 is 1.11 bits per heavy atom. The molecular weight excluding hydrogens is 481 g/mol. The highest BCUT2D eigenvalue weighted by molar-refractivity contribution is 6.33. The standard InChI is InChI=1S/C28H29ClFN3O3/c1-19-16-32(18-28(35)21-5-9-23(31-2)10-6-21)17-27(20-3-7-22(30)8-4-20)33(19)26-12-11-24(15-25(26)29)36-14-13-34/h3-12,15,19,27-28,34-35H,13-14,16-18H2,1H3/t19-,27+,28-/m1/s1. The van der Waals surface area contributed by atoms with Crippen molar-refractivity contribution in [1.82, 2.24) is 4.90 Å². The fraction of sp³-hybridized carbons (Fsp3) is 0.321. The van der Waals surface area contributed by atoms with Gasteiger partial charge >= 0.3 is 0 Å². The largest absolute Gasteiger partial charge is 0.491 e. The Bertz CT molecular complexity index is 1200. The van der Waals surface area contributed by atoms with E-state index in [1.165, 1.54) is 12.1 Å². The summed E-state index contributed by atoms with van der Waals surface area (Å²) in [6.45, 7) is 11.0. The highest BCUT2D eigenvalue weighted by Gasteiger charge is 2.35. The molecule has 0 radical (unpaired) electrons. The van der Waals surface area contributed by atoms with Gasteiger partial charge in [0.1, 0.15) is 18.2 Å². The van der Waals surface area contributed by atoms with Crippen LogP contribution in [0.1, 0.15) is 30.2 Å². The lowest BCUT2D eigenvalue weighted by atomic mass is 9.97. The van der Waals surface area contributed by atoms with Crippen LogP contribution in [0.15, 0.2) is 66.7 Å². The van der Waals surface area contributed by atoms with Gasteiger partial charge in [0, 0.05) is 31.7 Å². The number of halogens is 2. The maximum atomic E-state index is 13.7. The van der Waals surface area contributed by atoms with Crippen LogP contribution >= 0.6 is 11.6 Å². The number of rotatable bonds is 8. The second-order valence-corrected chi connectivity index (χ2v) is 9.35. The summed E-state index contributed by atoms with van der Waals surface area (Å²) in [4.78, 5) is 7.85. The zero-order valence-electron chi connectivity index (χ0n) is 20.0. The lowest BCUT2D eigenvalue weighted by Gasteiger charge is -2.48. The van der Waals surface area contributed by atoms with Gasteiger partial charge in [-0.15, -0.1) is 0 Å². The predicted molar refractivity (Wildman–Crippen MR) is 139 cm³/mol. The van der Waals surface area contributed by atoms with Crippen molar-refractivity contribution in [3.63, 3.8) is 0 Å². The number of hydrogen-bond acceptors (Lipinski definition) is 5. The van der Waals surface area contributed by atoms with Gasteiger partial charge in [-0.3, -0.25) is 4.90 Å². The van der Waals surface area contributed by atoms with Crippen molar-refractivity contribution >= 4 is 23.0 Å². The number of nitrogens with zero attached hydrogens (tertiary/aromatic N) is 3. The molecule has 3 aromatic carbocycles. The van der Waals surface area contributed by atoms with E-state index in [-0.39, 0.29) is 31.1 Å². The van der Waals surface area contributed by atoms with Crippen LogP contribution in [-0.4, -0.2) is 54.0 Å². The number of β-amino-alcohol motifs (C(OH)–C–C–N with tert-alkyl or cyclic N) is 1. The molecule has 3 atom stereocenters. The molecule has 3 aromatic rings. The Morgan fingerprint density at radius 2 is 1.83 bits per heavy atom. The van der Waals surface area contributed by atoms with Gasteiger partial charge in [-0.1, -0.05) is 48.0 Å². The van der Waals surface area contributed by atoms with E-state index >= 15 is 0 Å². The third kappa shape index (κ3) is 5.97. The normalized spacial score (nSPS) is 19.1. The molecule has 1 aliphatic heterocycles. The summed E-state index contributed by atoms with van der Waals surface area (Å²) in [5.74, 6) is 0.280. The molecule has 0 amide bonds. The minimum Gasteiger partial charge on any atom is -0.491 e. The Morgan fingerprint density at radius 3 is 2.47 bits per heavy atom. The molecule has 0 aliphatic carbocycles. The van der Waals surface area contributed by atoms with Gasteiger partial charge in [0.15, 0.2) is 5.69 Å². The maximum absolute atomic E-state index is 13.7. The Balaban J connectivity index is 1.60. The molecule has 8 heteroatoms. The van der Waals surface area contributed by atoms with Crippen molar-refractivity contribution in [2.24, 2.45) is 0 Å². The molecule has 1 fully saturated rings. The zero-order chi connectivity index (χ0) is 25.7. The highest BCUT2D eigenvalue weighted by atomic mass is 35.5. The average molecular weight is 510 g/mol. The summed E-state index contributed by atoms with van der Waals surface area (Å²) in [5.41, 5.74) is 3.08. The minimum atomic E-state index is -0.705. The Hall–Kier alpha value is -3.15. The molecule has 0 spiro atoms. The number of ether oxygens (including phenoxy) is 1. The van der Waals surface area contributed by atoms with E-state index in [4.69, 9.17) is 28.0 Å². The van der Waals surface area contributed by atoms with Crippen LogP contribution < -0.4 is 9.64 Å². The number of hydrogen-bond donors (Lipinski definition) is 2. The van der Waals surface area contributed by atoms with Crippen molar-refractivity contribution in [2.45, 2.75) is 25.1 Å². The number of benzene rings is 3. The first kappa shape index (κ1) is 25.9. The first-order valence-electron chi connectivity index (χ1n) is 11.8. The molecule has 0 aromatic heterocycles. The summed E-state index contributed by atoms with van der Waals surface area (Å²) in [6.07, 6.45) is -0.705. The van der Waals surface area contributed by atoms with Crippen LogP contribution in [0.4, 0.5) is 15.8 Å². The summed E-state index contributed by atoms with van der Waals surface area (Å²) in [7, 11) is 0. The maximum Gasteiger partial charge on any atom is 0.187 e. The third-order valence-corrected chi connectivity index (χ3v) is 6.72. The fourth-order valence-electron chi connectivity index (χ4n) is 4.75. The SMILES string of the molecule is [C-]#[N+]c1ccc([C@H](O)CN2C[C@@H](C)N(c3ccc(OCCO)cc3Cl)[C@H](c3ccc(F)cc3)C2)cc1. The van der Waals surface area contributed by atoms with Gasteiger partial charge in [-0.25, -0.2) is 9.24 Å². The van der Waals surface area contributed by atoms with E-state index in [0.29, 0.717) is 36.1 Å². The van der Waals surface area contributed by atoms with E-state index in [9.17, 15) is 9.50 Å². The topological polar surface area (TPSA) is 60.5 Å². The quantitative estimate of drug-likeness (QED) is 0.399. The number of piperazine rings is 1. The Labute approximate surface area is 215 Å². The third-order valence-electron chi connectivity index (χ3n) is 6.41. The van der Waals surface area contributed by atoms with Crippen molar-refractivity contribution < 1.29 is 19.3 Å². The molecular formula is C28H29ClFN3O3. The molecule has 1 heterocycles. The lowest BCUT2D eigenvalue weighted by Crippen LogP contribution is -2.54. The molecule has 188 valence electrons. The summed E-state index contributed by atoms with van der Waals surface area (Å²) in [5, 5.41) is 20.5. The second-order valence-electron chi connectivity index (χ2n) is 8.95. The predicted octanol–water partition coefficient (Wildman–Crippen LogP) is 5.39. The van der Waals surface area contributed by atoms with E-state index in [0.717, 1.165) is 16.8 Å². The average Bonchev–Trinajstić information content (AvgIpc) is 2.88. The van der Waals surface area contributed by atoms with Gasteiger partial charge in [0.2, 0.25) is 0 Å². The van der Waals surface area contributed by atoms with Gasteiger partial charge in [0.05, 0.1) is 36.0 Å². The fourth-order valence-corrected chi connectivity index (χ4v) is 5.02. The van der Waals surface area contributed by atoms with Crippen molar-refractivity contribution in [3.05, 3.63) is 100 Å². The summed E-state index contributed by atoms with van der Waals surface area (Å²) >= 11 is 6.69. The van der Waals surface area contributed by atoms with Crippen molar-refractivity contribution in [3.8, 4) is 5.75 Å². The first-order chi connectivity index (χ1) is 17.4. The van der Waals surface area contributed by atoms with Gasteiger partial charge in [-0.2, -0.15) is 0 Å². The zero-order valence-corrected chi connectivity index (χ0v) is 20.8. The van der Waals surface area contributed by atoms with Crippen LogP contribution in [0.2, 0.25) is 5.02 Å². The van der Waals surface area contributed by atoms with Crippen LogP contribution in [0.3, 0.4) is 0 Å². The number of aliphatic hydroxyl groups is 2. The van der Waals surface area contributed by atoms with Gasteiger partial charge in [0.25, 0.3) is 0 Å². The monoisotopic (exact) mass is 509 g/mol. The van der Waals surface area contributed by atoms with Crippen LogP contribution in [0.25, 0.3) is 4.85 Å². The molecule has 0 bridgehead atoms. The molecule has 4 rings (SSSR count). The van der Waals surface area contributed by atoms with Crippen molar-refractivity contribution in [2.75, 3.05) is 37.7 Å². The Kier molecular flexibility index (Phi) is 8.44. The smallest absolute Gasteiger partial charge is 0.187 e. The molecule has 2 N–H and O–H groups in total. The van der Waals surface area contributed by atoms with E-state index in [2.05, 4.69) is 21.6 Å².